The Bertz CT molecular complexity index is 804. The Morgan fingerprint density at radius 2 is 1.71 bits per heavy atom. The lowest BCUT2D eigenvalue weighted by Crippen LogP contribution is -2.37. The second kappa shape index (κ2) is 9.00. The molecule has 0 unspecified atom stereocenters. The SMILES string of the molecule is COc1cc(CNc2ccc(C(=O)N3CCC(C)CC3)cc2C)cc(OC)c1. The minimum absolute atomic E-state index is 0.138. The molecule has 0 atom stereocenters. The fraction of sp³-hybridized carbons (Fsp3) is 0.435. The van der Waals surface area contributed by atoms with E-state index in [0.29, 0.717) is 12.5 Å². The van der Waals surface area contributed by atoms with Crippen molar-refractivity contribution in [3.05, 3.63) is 53.1 Å². The van der Waals surface area contributed by atoms with E-state index in [1.54, 1.807) is 14.2 Å². The fourth-order valence-corrected chi connectivity index (χ4v) is 3.56. The summed E-state index contributed by atoms with van der Waals surface area (Å²) in [6.45, 7) is 6.65. The van der Waals surface area contributed by atoms with Gasteiger partial charge in [0.15, 0.2) is 0 Å². The lowest BCUT2D eigenvalue weighted by Gasteiger charge is -2.30. The molecule has 1 aliphatic rings. The lowest BCUT2D eigenvalue weighted by atomic mass is 9.98. The minimum atomic E-state index is 0.138. The van der Waals surface area contributed by atoms with Crippen molar-refractivity contribution < 1.29 is 14.3 Å². The van der Waals surface area contributed by atoms with Crippen LogP contribution in [-0.4, -0.2) is 38.1 Å². The van der Waals surface area contributed by atoms with Gasteiger partial charge in [0.1, 0.15) is 11.5 Å². The topological polar surface area (TPSA) is 50.8 Å². The number of carbonyl (C=O) groups excluding carboxylic acids is 1. The van der Waals surface area contributed by atoms with Crippen molar-refractivity contribution in [1.82, 2.24) is 4.90 Å². The molecule has 28 heavy (non-hydrogen) atoms. The first-order chi connectivity index (χ1) is 13.5. The third-order valence-electron chi connectivity index (χ3n) is 5.44. The Morgan fingerprint density at radius 3 is 2.29 bits per heavy atom. The highest BCUT2D eigenvalue weighted by atomic mass is 16.5. The Balaban J connectivity index is 1.67. The molecule has 0 aliphatic carbocycles. The highest BCUT2D eigenvalue weighted by molar-refractivity contribution is 5.95. The maximum absolute atomic E-state index is 12.8. The number of likely N-dealkylation sites (tertiary alicyclic amines) is 1. The van der Waals surface area contributed by atoms with Gasteiger partial charge in [-0.3, -0.25) is 4.79 Å². The molecule has 1 fully saturated rings. The number of piperidine rings is 1. The summed E-state index contributed by atoms with van der Waals surface area (Å²) in [7, 11) is 3.30. The average molecular weight is 383 g/mol. The number of ether oxygens (including phenoxy) is 2. The molecule has 1 aliphatic heterocycles. The average Bonchev–Trinajstić information content (AvgIpc) is 2.72. The maximum atomic E-state index is 12.8. The molecule has 1 amide bonds. The molecular formula is C23H30N2O3. The molecule has 150 valence electrons. The zero-order valence-corrected chi connectivity index (χ0v) is 17.2. The Labute approximate surface area is 167 Å². The predicted molar refractivity (Wildman–Crippen MR) is 112 cm³/mol. The molecule has 2 aromatic rings. The summed E-state index contributed by atoms with van der Waals surface area (Å²) >= 11 is 0. The number of nitrogens with zero attached hydrogens (tertiary/aromatic N) is 1. The predicted octanol–water partition coefficient (Wildman–Crippen LogP) is 4.50. The third kappa shape index (κ3) is 4.77. The molecule has 0 aromatic heterocycles. The third-order valence-corrected chi connectivity index (χ3v) is 5.44. The van der Waals surface area contributed by atoms with Crippen LogP contribution in [0.25, 0.3) is 0 Å². The van der Waals surface area contributed by atoms with Crippen LogP contribution in [-0.2, 0) is 6.54 Å². The summed E-state index contributed by atoms with van der Waals surface area (Å²) < 4.78 is 10.7. The van der Waals surface area contributed by atoms with Gasteiger partial charge in [0.2, 0.25) is 0 Å². The molecule has 5 heteroatoms. The molecule has 1 saturated heterocycles. The van der Waals surface area contributed by atoms with E-state index in [1.165, 1.54) is 0 Å². The smallest absolute Gasteiger partial charge is 0.253 e. The first-order valence-corrected chi connectivity index (χ1v) is 9.86. The van der Waals surface area contributed by atoms with Gasteiger partial charge in [-0.15, -0.1) is 0 Å². The molecule has 1 heterocycles. The van der Waals surface area contributed by atoms with E-state index in [4.69, 9.17) is 9.47 Å². The number of aryl methyl sites for hydroxylation is 1. The van der Waals surface area contributed by atoms with Gasteiger partial charge >= 0.3 is 0 Å². The number of carbonyl (C=O) groups is 1. The van der Waals surface area contributed by atoms with Crippen LogP contribution in [0, 0.1) is 12.8 Å². The summed E-state index contributed by atoms with van der Waals surface area (Å²) in [6.07, 6.45) is 2.18. The van der Waals surface area contributed by atoms with Crippen LogP contribution in [0.1, 0.15) is 41.3 Å². The van der Waals surface area contributed by atoms with Crippen molar-refractivity contribution in [1.29, 1.82) is 0 Å². The van der Waals surface area contributed by atoms with E-state index in [-0.39, 0.29) is 5.91 Å². The van der Waals surface area contributed by atoms with Crippen molar-refractivity contribution >= 4 is 11.6 Å². The highest BCUT2D eigenvalue weighted by Crippen LogP contribution is 2.25. The van der Waals surface area contributed by atoms with Gasteiger partial charge in [0.05, 0.1) is 14.2 Å². The second-order valence-corrected chi connectivity index (χ2v) is 7.58. The number of benzene rings is 2. The fourth-order valence-electron chi connectivity index (χ4n) is 3.56. The van der Waals surface area contributed by atoms with Gasteiger partial charge in [-0.2, -0.15) is 0 Å². The zero-order valence-electron chi connectivity index (χ0n) is 17.2. The number of methoxy groups -OCH3 is 2. The van der Waals surface area contributed by atoms with Gasteiger partial charge in [-0.05, 0) is 67.1 Å². The molecule has 0 radical (unpaired) electrons. The maximum Gasteiger partial charge on any atom is 0.253 e. The number of hydrogen-bond acceptors (Lipinski definition) is 4. The first kappa shape index (κ1) is 20.1. The largest absolute Gasteiger partial charge is 0.497 e. The van der Waals surface area contributed by atoms with E-state index in [1.807, 2.05) is 48.2 Å². The highest BCUT2D eigenvalue weighted by Gasteiger charge is 2.21. The standard InChI is InChI=1S/C23H30N2O3/c1-16-7-9-25(10-8-16)23(26)19-5-6-22(17(2)11-19)24-15-18-12-20(27-3)14-21(13-18)28-4/h5-6,11-14,16,24H,7-10,15H2,1-4H3. The van der Waals surface area contributed by atoms with E-state index in [9.17, 15) is 4.79 Å². The van der Waals surface area contributed by atoms with Gasteiger partial charge in [-0.1, -0.05) is 6.92 Å². The van der Waals surface area contributed by atoms with Gasteiger partial charge in [-0.25, -0.2) is 0 Å². The molecule has 0 spiro atoms. The molecule has 0 bridgehead atoms. The molecule has 0 saturated carbocycles. The van der Waals surface area contributed by atoms with E-state index in [0.717, 1.165) is 59.8 Å². The van der Waals surface area contributed by atoms with Crippen molar-refractivity contribution in [3.8, 4) is 11.5 Å². The van der Waals surface area contributed by atoms with Crippen molar-refractivity contribution in [2.75, 3.05) is 32.6 Å². The summed E-state index contributed by atoms with van der Waals surface area (Å²) in [5, 5.41) is 3.45. The normalized spacial score (nSPS) is 14.6. The number of anilines is 1. The van der Waals surface area contributed by atoms with Gasteiger partial charge < -0.3 is 19.7 Å². The molecule has 2 aromatic carbocycles. The number of rotatable bonds is 6. The summed E-state index contributed by atoms with van der Waals surface area (Å²) in [4.78, 5) is 14.7. The number of nitrogens with one attached hydrogen (secondary N) is 1. The minimum Gasteiger partial charge on any atom is -0.497 e. The Hall–Kier alpha value is -2.69. The summed E-state index contributed by atoms with van der Waals surface area (Å²) in [5.41, 5.74) is 3.91. The summed E-state index contributed by atoms with van der Waals surface area (Å²) in [6, 6.07) is 11.7. The summed E-state index contributed by atoms with van der Waals surface area (Å²) in [5.74, 6) is 2.39. The molecule has 1 N–H and O–H groups in total. The molecular weight excluding hydrogens is 352 g/mol. The lowest BCUT2D eigenvalue weighted by molar-refractivity contribution is 0.0697. The van der Waals surface area contributed by atoms with Crippen molar-refractivity contribution in [3.63, 3.8) is 0 Å². The van der Waals surface area contributed by atoms with Crippen LogP contribution in [0.5, 0.6) is 11.5 Å². The Morgan fingerprint density at radius 1 is 1.07 bits per heavy atom. The van der Waals surface area contributed by atoms with Crippen LogP contribution >= 0.6 is 0 Å². The van der Waals surface area contributed by atoms with Crippen molar-refractivity contribution in [2.45, 2.75) is 33.2 Å². The first-order valence-electron chi connectivity index (χ1n) is 9.86. The quantitative estimate of drug-likeness (QED) is 0.799. The van der Waals surface area contributed by atoms with Crippen LogP contribution < -0.4 is 14.8 Å². The zero-order chi connectivity index (χ0) is 20.1. The van der Waals surface area contributed by atoms with Gasteiger partial charge in [0.25, 0.3) is 5.91 Å². The number of amides is 1. The van der Waals surface area contributed by atoms with Crippen LogP contribution in [0.3, 0.4) is 0 Å². The number of hydrogen-bond donors (Lipinski definition) is 1. The van der Waals surface area contributed by atoms with Crippen molar-refractivity contribution in [2.24, 2.45) is 5.92 Å². The van der Waals surface area contributed by atoms with E-state index in [2.05, 4.69) is 12.2 Å². The van der Waals surface area contributed by atoms with Crippen LogP contribution in [0.2, 0.25) is 0 Å². The van der Waals surface area contributed by atoms with Crippen LogP contribution in [0.15, 0.2) is 36.4 Å². The van der Waals surface area contributed by atoms with E-state index < -0.39 is 0 Å². The second-order valence-electron chi connectivity index (χ2n) is 7.58. The molecule has 3 rings (SSSR count). The van der Waals surface area contributed by atoms with Gasteiger partial charge in [0, 0.05) is 37.0 Å². The van der Waals surface area contributed by atoms with E-state index >= 15 is 0 Å². The monoisotopic (exact) mass is 382 g/mol. The van der Waals surface area contributed by atoms with Crippen LogP contribution in [0.4, 0.5) is 5.69 Å². The molecule has 5 nitrogen and oxygen atoms in total. The Kier molecular flexibility index (Phi) is 6.45.